The highest BCUT2D eigenvalue weighted by Crippen LogP contribution is 2.27. The van der Waals surface area contributed by atoms with Gasteiger partial charge >= 0.3 is 5.97 Å². The van der Waals surface area contributed by atoms with E-state index in [9.17, 15) is 4.79 Å². The van der Waals surface area contributed by atoms with Crippen LogP contribution in [0, 0.1) is 13.8 Å². The molecule has 0 N–H and O–H groups in total. The largest absolute Gasteiger partial charge is 0.465 e. The molecule has 2 heterocycles. The number of nitrogens with zero attached hydrogens (tertiary/aromatic N) is 1. The topological polar surface area (TPSA) is 65.5 Å². The van der Waals surface area contributed by atoms with E-state index in [1.807, 2.05) is 6.92 Å². The van der Waals surface area contributed by atoms with Gasteiger partial charge < -0.3 is 13.7 Å². The van der Waals surface area contributed by atoms with Gasteiger partial charge in [0.15, 0.2) is 11.5 Å². The van der Waals surface area contributed by atoms with Crippen LogP contribution in [0.15, 0.2) is 21.1 Å². The molecule has 0 amide bonds. The van der Waals surface area contributed by atoms with Crippen molar-refractivity contribution in [3.8, 4) is 11.5 Å². The molecule has 84 valence electrons. The lowest BCUT2D eigenvalue weighted by Crippen LogP contribution is -2.03. The molecule has 0 saturated carbocycles. The van der Waals surface area contributed by atoms with Gasteiger partial charge in [-0.2, -0.15) is 0 Å². The van der Waals surface area contributed by atoms with Crippen LogP contribution in [0.1, 0.15) is 21.9 Å². The lowest BCUT2D eigenvalue weighted by molar-refractivity contribution is 0.0599. The summed E-state index contributed by atoms with van der Waals surface area (Å²) in [5.74, 6) is 1.17. The Hall–Kier alpha value is -2.04. The molecule has 0 aliphatic rings. The summed E-state index contributed by atoms with van der Waals surface area (Å²) in [7, 11) is 1.31. The minimum atomic E-state index is -0.484. The van der Waals surface area contributed by atoms with E-state index >= 15 is 0 Å². The number of furan rings is 1. The Morgan fingerprint density at radius 2 is 2.12 bits per heavy atom. The maximum Gasteiger partial charge on any atom is 0.343 e. The van der Waals surface area contributed by atoms with E-state index in [0.29, 0.717) is 22.8 Å². The lowest BCUT2D eigenvalue weighted by Gasteiger charge is -1.97. The van der Waals surface area contributed by atoms with Crippen LogP contribution in [0.5, 0.6) is 0 Å². The number of methoxy groups -OCH3 is 1. The summed E-state index contributed by atoms with van der Waals surface area (Å²) in [5, 5.41) is 3.80. The Morgan fingerprint density at radius 1 is 1.38 bits per heavy atom. The molecule has 0 aromatic carbocycles. The van der Waals surface area contributed by atoms with Crippen LogP contribution in [0.2, 0.25) is 0 Å². The van der Waals surface area contributed by atoms with Gasteiger partial charge in [-0.3, -0.25) is 0 Å². The third kappa shape index (κ3) is 1.60. The summed E-state index contributed by atoms with van der Waals surface area (Å²) in [4.78, 5) is 11.5. The fourth-order valence-corrected chi connectivity index (χ4v) is 1.44. The molecule has 5 nitrogen and oxygen atoms in total. The number of aryl methyl sites for hydroxylation is 2. The predicted molar refractivity (Wildman–Crippen MR) is 55.0 cm³/mol. The first-order chi connectivity index (χ1) is 7.63. The third-order valence-corrected chi connectivity index (χ3v) is 2.23. The second kappa shape index (κ2) is 3.84. The monoisotopic (exact) mass is 221 g/mol. The average Bonchev–Trinajstić information content (AvgIpc) is 2.83. The van der Waals surface area contributed by atoms with Gasteiger partial charge in [-0.1, -0.05) is 5.16 Å². The van der Waals surface area contributed by atoms with Crippen molar-refractivity contribution in [3.63, 3.8) is 0 Å². The number of ether oxygens (including phenoxy) is 1. The third-order valence-electron chi connectivity index (χ3n) is 2.23. The van der Waals surface area contributed by atoms with Gasteiger partial charge in [0.1, 0.15) is 17.1 Å². The molecule has 0 unspecified atom stereocenters. The molecule has 0 aliphatic carbocycles. The average molecular weight is 221 g/mol. The number of carbonyl (C=O) groups excluding carboxylic acids is 1. The van der Waals surface area contributed by atoms with E-state index in [2.05, 4.69) is 9.89 Å². The van der Waals surface area contributed by atoms with Crippen molar-refractivity contribution in [2.75, 3.05) is 7.11 Å². The molecule has 16 heavy (non-hydrogen) atoms. The van der Waals surface area contributed by atoms with Gasteiger partial charge in [0.05, 0.1) is 7.11 Å². The Morgan fingerprint density at radius 3 is 2.69 bits per heavy atom. The predicted octanol–water partition coefficient (Wildman–Crippen LogP) is 2.34. The molecule has 0 spiro atoms. The van der Waals surface area contributed by atoms with Gasteiger partial charge in [0, 0.05) is 0 Å². The number of hydrogen-bond donors (Lipinski definition) is 0. The van der Waals surface area contributed by atoms with E-state index in [1.54, 1.807) is 19.1 Å². The standard InChI is InChI=1S/C11H11NO4/c1-6-4-5-8(15-6)10-9(11(13)14-3)7(2)16-12-10/h4-5H,1-3H3. The Balaban J connectivity index is 2.53. The summed E-state index contributed by atoms with van der Waals surface area (Å²) in [5.41, 5.74) is 0.675. The van der Waals surface area contributed by atoms with Crippen LogP contribution >= 0.6 is 0 Å². The highest BCUT2D eigenvalue weighted by Gasteiger charge is 2.23. The second-order valence-electron chi connectivity index (χ2n) is 3.36. The zero-order chi connectivity index (χ0) is 11.7. The SMILES string of the molecule is COC(=O)c1c(-c2ccc(C)o2)noc1C. The van der Waals surface area contributed by atoms with Crippen LogP contribution in [-0.4, -0.2) is 18.2 Å². The van der Waals surface area contributed by atoms with Crippen molar-refractivity contribution >= 4 is 5.97 Å². The zero-order valence-corrected chi connectivity index (χ0v) is 9.23. The van der Waals surface area contributed by atoms with Gasteiger partial charge in [0.2, 0.25) is 0 Å². The molecule has 0 aliphatic heterocycles. The molecular formula is C11H11NO4. The Labute approximate surface area is 92.0 Å². The highest BCUT2D eigenvalue weighted by atomic mass is 16.5. The van der Waals surface area contributed by atoms with Crippen molar-refractivity contribution in [1.29, 1.82) is 0 Å². The number of esters is 1. The van der Waals surface area contributed by atoms with Crippen molar-refractivity contribution in [2.45, 2.75) is 13.8 Å². The lowest BCUT2D eigenvalue weighted by atomic mass is 10.1. The van der Waals surface area contributed by atoms with Gasteiger partial charge in [-0.15, -0.1) is 0 Å². The van der Waals surface area contributed by atoms with E-state index in [-0.39, 0.29) is 0 Å². The Bertz CT molecular complexity index is 524. The number of hydrogen-bond acceptors (Lipinski definition) is 5. The number of aromatic nitrogens is 1. The first-order valence-corrected chi connectivity index (χ1v) is 4.75. The van der Waals surface area contributed by atoms with Crippen molar-refractivity contribution in [1.82, 2.24) is 5.16 Å². The quantitative estimate of drug-likeness (QED) is 0.728. The fourth-order valence-electron chi connectivity index (χ4n) is 1.44. The van der Waals surface area contributed by atoms with Gasteiger partial charge in [0.25, 0.3) is 0 Å². The Kier molecular flexibility index (Phi) is 2.52. The van der Waals surface area contributed by atoms with E-state index in [1.165, 1.54) is 7.11 Å². The maximum atomic E-state index is 11.5. The van der Waals surface area contributed by atoms with Crippen molar-refractivity contribution in [2.24, 2.45) is 0 Å². The highest BCUT2D eigenvalue weighted by molar-refractivity contribution is 5.96. The van der Waals surface area contributed by atoms with Crippen LogP contribution in [0.3, 0.4) is 0 Å². The van der Waals surface area contributed by atoms with E-state index in [0.717, 1.165) is 5.76 Å². The van der Waals surface area contributed by atoms with Crippen molar-refractivity contribution < 1.29 is 18.5 Å². The smallest absolute Gasteiger partial charge is 0.343 e. The van der Waals surface area contributed by atoms with Crippen LogP contribution < -0.4 is 0 Å². The second-order valence-corrected chi connectivity index (χ2v) is 3.36. The zero-order valence-electron chi connectivity index (χ0n) is 9.23. The first-order valence-electron chi connectivity index (χ1n) is 4.75. The molecular weight excluding hydrogens is 210 g/mol. The number of rotatable bonds is 2. The van der Waals surface area contributed by atoms with Gasteiger partial charge in [-0.25, -0.2) is 4.79 Å². The normalized spacial score (nSPS) is 10.4. The molecule has 2 aromatic rings. The molecule has 0 bridgehead atoms. The summed E-state index contributed by atoms with van der Waals surface area (Å²) < 4.78 is 15.0. The van der Waals surface area contributed by atoms with Gasteiger partial charge in [-0.05, 0) is 26.0 Å². The molecule has 2 aromatic heterocycles. The minimum absolute atomic E-state index is 0.303. The van der Waals surface area contributed by atoms with Crippen LogP contribution in [-0.2, 0) is 4.74 Å². The summed E-state index contributed by atoms with van der Waals surface area (Å²) in [6.07, 6.45) is 0. The summed E-state index contributed by atoms with van der Waals surface area (Å²) in [6.45, 7) is 3.47. The van der Waals surface area contributed by atoms with E-state index in [4.69, 9.17) is 8.94 Å². The number of carbonyl (C=O) groups is 1. The fraction of sp³-hybridized carbons (Fsp3) is 0.273. The molecule has 0 fully saturated rings. The van der Waals surface area contributed by atoms with Crippen LogP contribution in [0.4, 0.5) is 0 Å². The summed E-state index contributed by atoms with van der Waals surface area (Å²) >= 11 is 0. The molecule has 2 rings (SSSR count). The molecule has 5 heteroatoms. The summed E-state index contributed by atoms with van der Waals surface area (Å²) in [6, 6.07) is 3.53. The first kappa shape index (κ1) is 10.5. The molecule has 0 atom stereocenters. The maximum absolute atomic E-state index is 11.5. The van der Waals surface area contributed by atoms with Crippen LogP contribution in [0.25, 0.3) is 11.5 Å². The van der Waals surface area contributed by atoms with E-state index < -0.39 is 5.97 Å². The molecule has 0 saturated heterocycles. The van der Waals surface area contributed by atoms with Crippen molar-refractivity contribution in [3.05, 3.63) is 29.2 Å². The molecule has 0 radical (unpaired) electrons. The minimum Gasteiger partial charge on any atom is -0.465 e.